The molecule has 2 saturated heterocycles. The number of carboxylic acids is 1. The van der Waals surface area contributed by atoms with E-state index in [0.717, 1.165) is 47.2 Å². The average Bonchev–Trinajstić information content (AvgIpc) is 3.66. The smallest absolute Gasteiger partial charge is 0.430 e. The van der Waals surface area contributed by atoms with Crippen LogP contribution >= 0.6 is 0 Å². The highest BCUT2D eigenvalue weighted by molar-refractivity contribution is 5.96. The lowest BCUT2D eigenvalue weighted by molar-refractivity contribution is -0.467. The predicted molar refractivity (Wildman–Crippen MR) is 163 cm³/mol. The summed E-state index contributed by atoms with van der Waals surface area (Å²) in [6.07, 6.45) is -4.26. The molecule has 1 atom stereocenters. The van der Waals surface area contributed by atoms with E-state index in [1.807, 2.05) is 51.9 Å². The summed E-state index contributed by atoms with van der Waals surface area (Å²) in [5.41, 5.74) is 2.86. The third kappa shape index (κ3) is 9.91. The van der Waals surface area contributed by atoms with Gasteiger partial charge in [-0.1, -0.05) is 39.0 Å². The van der Waals surface area contributed by atoms with Crippen LogP contribution in [0, 0.1) is 5.41 Å². The van der Waals surface area contributed by atoms with Crippen LogP contribution in [0.15, 0.2) is 42.5 Å². The molecule has 0 aliphatic carbocycles. The number of halogens is 3. The fraction of sp³-hybridized carbons (Fsp3) is 0.515. The Labute approximate surface area is 271 Å². The van der Waals surface area contributed by atoms with Crippen molar-refractivity contribution in [3.8, 4) is 17.2 Å². The molecule has 0 saturated carbocycles. The summed E-state index contributed by atoms with van der Waals surface area (Å²) in [7, 11) is 1.65. The third-order valence-corrected chi connectivity index (χ3v) is 7.86. The molecule has 0 bridgehead atoms. The summed E-state index contributed by atoms with van der Waals surface area (Å²) in [4.78, 5) is 40.6. The lowest BCUT2D eigenvalue weighted by Crippen LogP contribution is -2.52. The number of hydrogen-bond acceptors (Lipinski definition) is 9. The standard InChI is InChI=1S/C31H41N4O5.C2HF3O2/c1-31(2,3)17-29(36)35(19-22-6-5-7-25(14-22)38-4)24-16-26(30(37)33-12-10-32-11-13-33)34(20-24)18-23-8-9-27-28(15-23)40-21-39-27;3-2(4,5)1(6)7/h5-9,14-15,26,32H,10-13,16-21H2,1-4H3;(H,6,7)/q+1;/p-1/b35-24+;/t26-;/m0./s1. The first-order valence-electron chi connectivity index (χ1n) is 15.3. The van der Waals surface area contributed by atoms with E-state index in [1.165, 1.54) is 0 Å². The van der Waals surface area contributed by atoms with E-state index in [2.05, 4.69) is 31.0 Å². The number of nitrogens with one attached hydrogen (secondary N) is 1. The molecular weight excluding hydrogens is 621 g/mol. The van der Waals surface area contributed by atoms with E-state index in [0.29, 0.717) is 45.6 Å². The van der Waals surface area contributed by atoms with E-state index >= 15 is 0 Å². The number of hydrogen-bond donors (Lipinski definition) is 1. The molecule has 3 heterocycles. The average molecular weight is 663 g/mol. The number of rotatable bonds is 7. The van der Waals surface area contributed by atoms with Crippen LogP contribution in [0.3, 0.4) is 0 Å². The summed E-state index contributed by atoms with van der Waals surface area (Å²) < 4.78 is 50.0. The Kier molecular flexibility index (Phi) is 11.5. The van der Waals surface area contributed by atoms with Crippen LogP contribution in [-0.2, 0) is 27.5 Å². The van der Waals surface area contributed by atoms with Gasteiger partial charge < -0.3 is 34.3 Å². The second kappa shape index (κ2) is 15.2. The normalized spacial score (nSPS) is 19.1. The number of nitrogens with zero attached hydrogens (tertiary/aromatic N) is 3. The maximum atomic E-state index is 13.9. The Balaban J connectivity index is 0.000000644. The Hall–Kier alpha value is -4.17. The molecule has 3 aliphatic heterocycles. The van der Waals surface area contributed by atoms with E-state index in [-0.39, 0.29) is 30.1 Å². The summed E-state index contributed by atoms with van der Waals surface area (Å²) in [6.45, 7) is 11.0. The lowest BCUT2D eigenvalue weighted by atomic mass is 9.91. The fourth-order valence-corrected chi connectivity index (χ4v) is 5.62. The van der Waals surface area contributed by atoms with Crippen LogP contribution < -0.4 is 24.6 Å². The Bertz CT molecular complexity index is 1480. The van der Waals surface area contributed by atoms with Crippen molar-refractivity contribution in [2.45, 2.75) is 58.9 Å². The van der Waals surface area contributed by atoms with Gasteiger partial charge in [-0.2, -0.15) is 17.7 Å². The van der Waals surface area contributed by atoms with Gasteiger partial charge in [0.25, 0.3) is 0 Å². The zero-order chi connectivity index (χ0) is 34.4. The highest BCUT2D eigenvalue weighted by Gasteiger charge is 2.43. The van der Waals surface area contributed by atoms with Gasteiger partial charge in [-0.05, 0) is 35.2 Å². The molecule has 1 N–H and O–H groups in total. The SMILES string of the molecule is COc1cccc(C/[N+](C(=O)CC(C)(C)C)=C2/C[C@@H](C(=O)N3CCNCC3)N(Cc3ccc4c(c3)OCO4)C2)c1.O=C([O-])C(F)(F)F. The van der Waals surface area contributed by atoms with Crippen LogP contribution in [0.25, 0.3) is 0 Å². The predicted octanol–water partition coefficient (Wildman–Crippen LogP) is 2.35. The Morgan fingerprint density at radius 2 is 1.70 bits per heavy atom. The number of aliphatic carboxylic acids is 1. The van der Waals surface area contributed by atoms with Crippen molar-refractivity contribution < 1.29 is 51.4 Å². The first-order chi connectivity index (χ1) is 22.1. The monoisotopic (exact) mass is 662 g/mol. The van der Waals surface area contributed by atoms with Crippen molar-refractivity contribution in [2.24, 2.45) is 5.41 Å². The van der Waals surface area contributed by atoms with E-state index in [9.17, 15) is 22.8 Å². The summed E-state index contributed by atoms with van der Waals surface area (Å²) in [5.74, 6) is -0.583. The summed E-state index contributed by atoms with van der Waals surface area (Å²) in [6, 6.07) is 13.4. The largest absolute Gasteiger partial charge is 0.542 e. The van der Waals surface area contributed by atoms with Crippen molar-refractivity contribution in [3.05, 3.63) is 53.6 Å². The van der Waals surface area contributed by atoms with Gasteiger partial charge in [-0.25, -0.2) is 4.79 Å². The molecule has 0 spiro atoms. The van der Waals surface area contributed by atoms with Gasteiger partial charge >= 0.3 is 12.1 Å². The highest BCUT2D eigenvalue weighted by atomic mass is 19.4. The minimum absolute atomic E-state index is 0.0728. The zero-order valence-electron chi connectivity index (χ0n) is 27.0. The maximum absolute atomic E-state index is 13.9. The molecule has 3 aliphatic rings. The molecule has 0 unspecified atom stereocenters. The van der Waals surface area contributed by atoms with Crippen molar-refractivity contribution >= 4 is 23.5 Å². The number of ether oxygens (including phenoxy) is 3. The first-order valence-corrected chi connectivity index (χ1v) is 15.3. The molecule has 5 rings (SSSR count). The number of carbonyl (C=O) groups is 3. The van der Waals surface area contributed by atoms with Crippen LogP contribution in [0.1, 0.15) is 44.7 Å². The number of piperazine rings is 1. The number of benzene rings is 2. The molecule has 47 heavy (non-hydrogen) atoms. The van der Waals surface area contributed by atoms with Crippen LogP contribution in [0.2, 0.25) is 0 Å². The minimum atomic E-state index is -5.19. The highest BCUT2D eigenvalue weighted by Crippen LogP contribution is 2.34. The maximum Gasteiger partial charge on any atom is 0.430 e. The summed E-state index contributed by atoms with van der Waals surface area (Å²) in [5, 5.41) is 12.1. The summed E-state index contributed by atoms with van der Waals surface area (Å²) >= 11 is 0. The third-order valence-electron chi connectivity index (χ3n) is 7.86. The number of carboxylic acid groups (broad SMARTS) is 1. The second-order valence-corrected chi connectivity index (χ2v) is 12.8. The van der Waals surface area contributed by atoms with Crippen molar-refractivity contribution in [1.82, 2.24) is 15.1 Å². The Morgan fingerprint density at radius 3 is 2.34 bits per heavy atom. The number of carbonyl (C=O) groups excluding carboxylic acids is 3. The van der Waals surface area contributed by atoms with Gasteiger partial charge in [0.05, 0.1) is 32.5 Å². The molecule has 14 heteroatoms. The number of amides is 2. The van der Waals surface area contributed by atoms with Gasteiger partial charge in [0.15, 0.2) is 23.8 Å². The molecule has 2 fully saturated rings. The van der Waals surface area contributed by atoms with Crippen LogP contribution in [0.4, 0.5) is 13.2 Å². The van der Waals surface area contributed by atoms with Gasteiger partial charge in [-0.3, -0.25) is 9.69 Å². The second-order valence-electron chi connectivity index (χ2n) is 12.8. The quantitative estimate of drug-likeness (QED) is 0.446. The molecule has 2 aromatic rings. The number of likely N-dealkylation sites (tertiary alicyclic amines) is 1. The number of fused-ring (bicyclic) bond motifs is 1. The Morgan fingerprint density at radius 1 is 1.02 bits per heavy atom. The molecule has 0 radical (unpaired) electrons. The zero-order valence-corrected chi connectivity index (χ0v) is 27.0. The van der Waals surface area contributed by atoms with Crippen molar-refractivity contribution in [3.63, 3.8) is 0 Å². The van der Waals surface area contributed by atoms with Gasteiger partial charge in [0, 0.05) is 38.3 Å². The molecule has 11 nitrogen and oxygen atoms in total. The van der Waals surface area contributed by atoms with Crippen LogP contribution in [0.5, 0.6) is 17.2 Å². The van der Waals surface area contributed by atoms with Crippen LogP contribution in [-0.4, -0.2) is 96.7 Å². The van der Waals surface area contributed by atoms with Gasteiger partial charge in [-0.15, -0.1) is 0 Å². The van der Waals surface area contributed by atoms with E-state index < -0.39 is 12.1 Å². The molecule has 256 valence electrons. The molecule has 0 aromatic heterocycles. The molecule has 2 aromatic carbocycles. The van der Waals surface area contributed by atoms with Gasteiger partial charge in [0.2, 0.25) is 12.7 Å². The number of methoxy groups -OCH3 is 1. The first kappa shape index (κ1) is 35.7. The van der Waals surface area contributed by atoms with E-state index in [4.69, 9.17) is 24.1 Å². The van der Waals surface area contributed by atoms with Crippen molar-refractivity contribution in [1.29, 1.82) is 0 Å². The van der Waals surface area contributed by atoms with Crippen molar-refractivity contribution in [2.75, 3.05) is 46.6 Å². The van der Waals surface area contributed by atoms with E-state index in [1.54, 1.807) is 7.11 Å². The topological polar surface area (TPSA) is 123 Å². The minimum Gasteiger partial charge on any atom is -0.542 e. The van der Waals surface area contributed by atoms with Gasteiger partial charge in [0.1, 0.15) is 11.7 Å². The fourth-order valence-electron chi connectivity index (χ4n) is 5.62. The molecular formula is C33H41F3N4O7. The lowest BCUT2D eigenvalue weighted by Gasteiger charge is -2.32. The number of alkyl halides is 3. The molecule has 2 amide bonds.